The first-order valence-electron chi connectivity index (χ1n) is 5.87. The molecule has 2 aromatic rings. The van der Waals surface area contributed by atoms with Crippen molar-refractivity contribution in [2.24, 2.45) is 5.92 Å². The Bertz CT molecular complexity index is 630. The first-order valence-corrected chi connectivity index (χ1v) is 5.87. The van der Waals surface area contributed by atoms with Crippen molar-refractivity contribution in [2.75, 3.05) is 5.73 Å². The number of hydrogen-bond donors (Lipinski definition) is 1. The van der Waals surface area contributed by atoms with Gasteiger partial charge in [-0.3, -0.25) is 9.59 Å². The van der Waals surface area contributed by atoms with Gasteiger partial charge < -0.3 is 5.73 Å². The van der Waals surface area contributed by atoms with Crippen molar-refractivity contribution in [3.8, 4) is 0 Å². The van der Waals surface area contributed by atoms with E-state index in [1.807, 2.05) is 19.9 Å². The van der Waals surface area contributed by atoms with Crippen LogP contribution in [0.3, 0.4) is 0 Å². The number of carbonyl (C=O) groups is 2. The van der Waals surface area contributed by atoms with E-state index >= 15 is 0 Å². The van der Waals surface area contributed by atoms with Crippen molar-refractivity contribution in [1.29, 1.82) is 0 Å². The molecule has 2 rings (SSSR count). The molecule has 2 aromatic carbocycles. The molecule has 0 aromatic heterocycles. The SMILES string of the molecule is CC(C)C(=O)c1cccc2c(N)ccc(C=O)c12. The molecule has 0 heterocycles. The molecule has 0 aliphatic heterocycles. The van der Waals surface area contributed by atoms with Crippen LogP contribution in [0.4, 0.5) is 5.69 Å². The van der Waals surface area contributed by atoms with Crippen molar-refractivity contribution in [3.63, 3.8) is 0 Å². The number of benzene rings is 2. The summed E-state index contributed by atoms with van der Waals surface area (Å²) in [6, 6.07) is 8.71. The molecular weight excluding hydrogens is 226 g/mol. The van der Waals surface area contributed by atoms with Crippen molar-refractivity contribution in [1.82, 2.24) is 0 Å². The van der Waals surface area contributed by atoms with E-state index in [9.17, 15) is 9.59 Å². The van der Waals surface area contributed by atoms with Crippen LogP contribution in [0.5, 0.6) is 0 Å². The van der Waals surface area contributed by atoms with Crippen LogP contribution in [0, 0.1) is 5.92 Å². The van der Waals surface area contributed by atoms with Crippen LogP contribution in [0.15, 0.2) is 30.3 Å². The second kappa shape index (κ2) is 4.61. The van der Waals surface area contributed by atoms with E-state index in [1.165, 1.54) is 0 Å². The number of hydrogen-bond acceptors (Lipinski definition) is 3. The summed E-state index contributed by atoms with van der Waals surface area (Å²) in [6.45, 7) is 3.68. The number of carbonyl (C=O) groups excluding carboxylic acids is 2. The largest absolute Gasteiger partial charge is 0.398 e. The molecule has 3 nitrogen and oxygen atoms in total. The molecule has 2 N–H and O–H groups in total. The van der Waals surface area contributed by atoms with Gasteiger partial charge >= 0.3 is 0 Å². The van der Waals surface area contributed by atoms with E-state index < -0.39 is 0 Å². The summed E-state index contributed by atoms with van der Waals surface area (Å²) in [6.07, 6.45) is 0.763. The average molecular weight is 241 g/mol. The van der Waals surface area contributed by atoms with Crippen molar-refractivity contribution >= 4 is 28.5 Å². The maximum absolute atomic E-state index is 12.2. The summed E-state index contributed by atoms with van der Waals surface area (Å²) in [4.78, 5) is 23.3. The zero-order valence-corrected chi connectivity index (χ0v) is 10.4. The molecule has 0 fully saturated rings. The molecule has 0 spiro atoms. The molecule has 0 atom stereocenters. The molecule has 0 saturated carbocycles. The van der Waals surface area contributed by atoms with Gasteiger partial charge in [-0.1, -0.05) is 32.0 Å². The Kier molecular flexibility index (Phi) is 3.15. The first-order chi connectivity index (χ1) is 8.56. The molecule has 0 aliphatic carbocycles. The maximum Gasteiger partial charge on any atom is 0.166 e. The number of nitrogens with two attached hydrogens (primary N) is 1. The van der Waals surface area contributed by atoms with E-state index in [0.717, 1.165) is 11.7 Å². The van der Waals surface area contributed by atoms with Gasteiger partial charge in [-0.05, 0) is 12.1 Å². The summed E-state index contributed by atoms with van der Waals surface area (Å²) in [5.74, 6) is -0.0918. The molecule has 0 saturated heterocycles. The van der Waals surface area contributed by atoms with Crippen molar-refractivity contribution < 1.29 is 9.59 Å². The predicted octanol–water partition coefficient (Wildman–Crippen LogP) is 3.07. The van der Waals surface area contributed by atoms with Crippen LogP contribution in [0.1, 0.15) is 34.6 Å². The van der Waals surface area contributed by atoms with Crippen molar-refractivity contribution in [3.05, 3.63) is 41.5 Å². The predicted molar refractivity (Wildman–Crippen MR) is 72.9 cm³/mol. The maximum atomic E-state index is 12.2. The Hall–Kier alpha value is -2.16. The van der Waals surface area contributed by atoms with Gasteiger partial charge in [0, 0.05) is 33.5 Å². The fourth-order valence-electron chi connectivity index (χ4n) is 2.07. The second-order valence-corrected chi connectivity index (χ2v) is 4.61. The van der Waals surface area contributed by atoms with Gasteiger partial charge in [-0.15, -0.1) is 0 Å². The lowest BCUT2D eigenvalue weighted by Crippen LogP contribution is -2.09. The zero-order valence-electron chi connectivity index (χ0n) is 10.4. The third-order valence-corrected chi connectivity index (χ3v) is 3.02. The van der Waals surface area contributed by atoms with Crippen LogP contribution >= 0.6 is 0 Å². The monoisotopic (exact) mass is 241 g/mol. The van der Waals surface area contributed by atoms with E-state index in [-0.39, 0.29) is 11.7 Å². The second-order valence-electron chi connectivity index (χ2n) is 4.61. The number of fused-ring (bicyclic) bond motifs is 1. The van der Waals surface area contributed by atoms with Gasteiger partial charge in [0.1, 0.15) is 0 Å². The minimum absolute atomic E-state index is 0.0225. The minimum atomic E-state index is -0.114. The Labute approximate surface area is 106 Å². The Morgan fingerprint density at radius 2 is 1.94 bits per heavy atom. The summed E-state index contributed by atoms with van der Waals surface area (Å²) >= 11 is 0. The van der Waals surface area contributed by atoms with Crippen LogP contribution in [-0.2, 0) is 0 Å². The highest BCUT2D eigenvalue weighted by Gasteiger charge is 2.16. The van der Waals surface area contributed by atoms with E-state index in [0.29, 0.717) is 22.2 Å². The summed E-state index contributed by atoms with van der Waals surface area (Å²) in [7, 11) is 0. The highest BCUT2D eigenvalue weighted by Crippen LogP contribution is 2.28. The fraction of sp³-hybridized carbons (Fsp3) is 0.200. The van der Waals surface area contributed by atoms with Crippen LogP contribution in [-0.4, -0.2) is 12.1 Å². The number of Topliss-reactive ketones (excluding diaryl/α,β-unsaturated/α-hetero) is 1. The highest BCUT2D eigenvalue weighted by atomic mass is 16.1. The quantitative estimate of drug-likeness (QED) is 0.510. The van der Waals surface area contributed by atoms with Gasteiger partial charge in [-0.2, -0.15) is 0 Å². The molecular formula is C15H15NO2. The molecule has 0 unspecified atom stereocenters. The summed E-state index contributed by atoms with van der Waals surface area (Å²) in [5, 5.41) is 1.41. The van der Waals surface area contributed by atoms with E-state index in [2.05, 4.69) is 0 Å². The molecule has 3 heteroatoms. The lowest BCUT2D eigenvalue weighted by atomic mass is 9.92. The van der Waals surface area contributed by atoms with Gasteiger partial charge in [0.2, 0.25) is 0 Å². The molecule has 92 valence electrons. The minimum Gasteiger partial charge on any atom is -0.398 e. The highest BCUT2D eigenvalue weighted by molar-refractivity contribution is 6.15. The van der Waals surface area contributed by atoms with Crippen LogP contribution in [0.25, 0.3) is 10.8 Å². The number of rotatable bonds is 3. The average Bonchev–Trinajstić information content (AvgIpc) is 2.38. The van der Waals surface area contributed by atoms with E-state index in [4.69, 9.17) is 5.73 Å². The molecule has 0 radical (unpaired) electrons. The lowest BCUT2D eigenvalue weighted by molar-refractivity contribution is 0.0941. The van der Waals surface area contributed by atoms with Gasteiger partial charge in [0.15, 0.2) is 12.1 Å². The Morgan fingerprint density at radius 1 is 1.22 bits per heavy atom. The normalized spacial score (nSPS) is 10.8. The van der Waals surface area contributed by atoms with Gasteiger partial charge in [0.25, 0.3) is 0 Å². The Morgan fingerprint density at radius 3 is 2.56 bits per heavy atom. The molecule has 18 heavy (non-hydrogen) atoms. The topological polar surface area (TPSA) is 60.2 Å². The number of anilines is 1. The number of ketones is 1. The number of aldehydes is 1. The zero-order chi connectivity index (χ0) is 13.3. The summed E-state index contributed by atoms with van der Waals surface area (Å²) in [5.41, 5.74) is 7.55. The molecule has 0 amide bonds. The smallest absolute Gasteiger partial charge is 0.166 e. The fourth-order valence-corrected chi connectivity index (χ4v) is 2.07. The summed E-state index contributed by atoms with van der Waals surface area (Å²) < 4.78 is 0. The third kappa shape index (κ3) is 1.88. The van der Waals surface area contributed by atoms with Crippen LogP contribution in [0.2, 0.25) is 0 Å². The molecule has 0 aliphatic rings. The standard InChI is InChI=1S/C15H15NO2/c1-9(2)15(18)12-5-3-4-11-13(16)7-6-10(8-17)14(11)12/h3-9H,16H2,1-2H3. The lowest BCUT2D eigenvalue weighted by Gasteiger charge is -2.11. The van der Waals surface area contributed by atoms with Crippen molar-refractivity contribution in [2.45, 2.75) is 13.8 Å². The molecule has 0 bridgehead atoms. The first kappa shape index (κ1) is 12.3. The van der Waals surface area contributed by atoms with E-state index in [1.54, 1.807) is 24.3 Å². The third-order valence-electron chi connectivity index (χ3n) is 3.02. The number of nitrogen functional groups attached to an aromatic ring is 1. The van der Waals surface area contributed by atoms with Crippen LogP contribution < -0.4 is 5.73 Å². The van der Waals surface area contributed by atoms with Gasteiger partial charge in [0.05, 0.1) is 0 Å². The Balaban J connectivity index is 2.86. The van der Waals surface area contributed by atoms with Gasteiger partial charge in [-0.25, -0.2) is 0 Å².